The minimum absolute atomic E-state index is 0.0707. The summed E-state index contributed by atoms with van der Waals surface area (Å²) in [5.41, 5.74) is 1.85. The van der Waals surface area contributed by atoms with Gasteiger partial charge < -0.3 is 5.32 Å². The van der Waals surface area contributed by atoms with Crippen LogP contribution in [0.15, 0.2) is 71.6 Å². The fourth-order valence-electron chi connectivity index (χ4n) is 3.64. The monoisotopic (exact) mass is 424 g/mol. The second-order valence-electron chi connectivity index (χ2n) is 7.26. The molecular formula is C24H28N2O3S. The summed E-state index contributed by atoms with van der Waals surface area (Å²) >= 11 is 0. The number of carbonyl (C=O) groups is 1. The normalized spacial score (nSPS) is 12.8. The summed E-state index contributed by atoms with van der Waals surface area (Å²) in [5.74, 6) is -0.0707. The number of nitrogens with zero attached hydrogens (tertiary/aromatic N) is 1. The van der Waals surface area contributed by atoms with Gasteiger partial charge in [-0.2, -0.15) is 4.31 Å². The zero-order valence-electron chi connectivity index (χ0n) is 17.6. The first-order chi connectivity index (χ1) is 14.4. The molecule has 158 valence electrons. The first-order valence-electron chi connectivity index (χ1n) is 10.2. The molecule has 0 unspecified atom stereocenters. The number of sulfonamides is 1. The zero-order valence-corrected chi connectivity index (χ0v) is 18.4. The molecule has 0 aromatic heterocycles. The van der Waals surface area contributed by atoms with Gasteiger partial charge in [0.15, 0.2) is 0 Å². The molecule has 1 amide bonds. The highest BCUT2D eigenvalue weighted by atomic mass is 32.2. The number of hydrogen-bond donors (Lipinski definition) is 1. The van der Waals surface area contributed by atoms with Crippen molar-refractivity contribution in [3.8, 4) is 0 Å². The Hall–Kier alpha value is -2.70. The van der Waals surface area contributed by atoms with E-state index < -0.39 is 10.0 Å². The number of fused-ring (bicyclic) bond motifs is 1. The smallest absolute Gasteiger partial charge is 0.243 e. The molecule has 1 N–H and O–H groups in total. The van der Waals surface area contributed by atoms with Gasteiger partial charge in [0.25, 0.3) is 0 Å². The Kier molecular flexibility index (Phi) is 6.90. The van der Waals surface area contributed by atoms with E-state index in [9.17, 15) is 13.2 Å². The largest absolute Gasteiger partial charge is 0.349 e. The molecule has 0 aliphatic rings. The van der Waals surface area contributed by atoms with Crippen molar-refractivity contribution in [2.45, 2.75) is 38.1 Å². The van der Waals surface area contributed by atoms with Gasteiger partial charge in [0.2, 0.25) is 15.9 Å². The van der Waals surface area contributed by atoms with Crippen molar-refractivity contribution in [2.75, 3.05) is 13.1 Å². The van der Waals surface area contributed by atoms with Crippen LogP contribution in [0.1, 0.15) is 37.9 Å². The van der Waals surface area contributed by atoms with Gasteiger partial charge in [-0.1, -0.05) is 68.4 Å². The lowest BCUT2D eigenvalue weighted by atomic mass is 10.0. The molecule has 0 radical (unpaired) electrons. The highest BCUT2D eigenvalue weighted by Crippen LogP contribution is 2.21. The van der Waals surface area contributed by atoms with E-state index in [1.807, 2.05) is 63.2 Å². The summed E-state index contributed by atoms with van der Waals surface area (Å²) in [6, 6.07) is 20.5. The number of amides is 1. The highest BCUT2D eigenvalue weighted by Gasteiger charge is 2.21. The van der Waals surface area contributed by atoms with E-state index in [0.717, 1.165) is 21.9 Å². The molecular weight excluding hydrogens is 396 g/mol. The Balaban J connectivity index is 1.70. The van der Waals surface area contributed by atoms with E-state index in [1.54, 1.807) is 24.3 Å². The maximum atomic E-state index is 12.6. The standard InChI is InChI=1S/C24H28N2O3S/c1-4-26(5-2)30(28,29)22-15-13-19(14-16-22)18(3)25-24(27)17-21-11-8-10-20-9-6-7-12-23(20)21/h6-16,18H,4-5,17H2,1-3H3,(H,25,27)/t18-/m1/s1. The Morgan fingerprint density at radius 3 is 2.23 bits per heavy atom. The van der Waals surface area contributed by atoms with Gasteiger partial charge in [-0.15, -0.1) is 0 Å². The lowest BCUT2D eigenvalue weighted by Crippen LogP contribution is -2.30. The first-order valence-corrected chi connectivity index (χ1v) is 11.7. The van der Waals surface area contributed by atoms with E-state index in [2.05, 4.69) is 5.32 Å². The maximum Gasteiger partial charge on any atom is 0.243 e. The molecule has 5 nitrogen and oxygen atoms in total. The molecule has 1 atom stereocenters. The predicted molar refractivity (Wildman–Crippen MR) is 121 cm³/mol. The first kappa shape index (κ1) is 22.0. The molecule has 3 aromatic rings. The van der Waals surface area contributed by atoms with E-state index in [1.165, 1.54) is 4.31 Å². The average molecular weight is 425 g/mol. The van der Waals surface area contributed by atoms with Gasteiger partial charge in [0.1, 0.15) is 0 Å². The van der Waals surface area contributed by atoms with Crippen LogP contribution in [0.4, 0.5) is 0 Å². The third-order valence-corrected chi connectivity index (χ3v) is 7.40. The van der Waals surface area contributed by atoms with Crippen LogP contribution in [-0.4, -0.2) is 31.7 Å². The fourth-order valence-corrected chi connectivity index (χ4v) is 5.09. The van der Waals surface area contributed by atoms with Gasteiger partial charge in [-0.05, 0) is 41.0 Å². The van der Waals surface area contributed by atoms with Crippen LogP contribution in [0.25, 0.3) is 10.8 Å². The molecule has 0 bridgehead atoms. The Morgan fingerprint density at radius 2 is 1.57 bits per heavy atom. The van der Waals surface area contributed by atoms with E-state index in [-0.39, 0.29) is 16.8 Å². The lowest BCUT2D eigenvalue weighted by molar-refractivity contribution is -0.121. The Bertz CT molecular complexity index is 1120. The number of rotatable bonds is 8. The molecule has 6 heteroatoms. The minimum Gasteiger partial charge on any atom is -0.349 e. The van der Waals surface area contributed by atoms with Gasteiger partial charge in [0, 0.05) is 13.1 Å². The lowest BCUT2D eigenvalue weighted by Gasteiger charge is -2.19. The van der Waals surface area contributed by atoms with Crippen molar-refractivity contribution in [3.63, 3.8) is 0 Å². The number of benzene rings is 3. The van der Waals surface area contributed by atoms with Crippen LogP contribution in [-0.2, 0) is 21.2 Å². The Morgan fingerprint density at radius 1 is 0.933 bits per heavy atom. The molecule has 0 aliphatic carbocycles. The van der Waals surface area contributed by atoms with Crippen molar-refractivity contribution in [1.82, 2.24) is 9.62 Å². The van der Waals surface area contributed by atoms with Gasteiger partial charge >= 0.3 is 0 Å². The highest BCUT2D eigenvalue weighted by molar-refractivity contribution is 7.89. The molecule has 0 heterocycles. The van der Waals surface area contributed by atoms with Crippen LogP contribution < -0.4 is 5.32 Å². The molecule has 0 saturated heterocycles. The molecule has 30 heavy (non-hydrogen) atoms. The number of carbonyl (C=O) groups excluding carboxylic acids is 1. The van der Waals surface area contributed by atoms with Crippen LogP contribution in [0.5, 0.6) is 0 Å². The predicted octanol–water partition coefficient (Wildman–Crippen LogP) is 4.29. The molecule has 0 aliphatic heterocycles. The summed E-state index contributed by atoms with van der Waals surface area (Å²) < 4.78 is 26.7. The van der Waals surface area contributed by atoms with Crippen LogP contribution in [0.3, 0.4) is 0 Å². The topological polar surface area (TPSA) is 66.5 Å². The third-order valence-electron chi connectivity index (χ3n) is 5.33. The van der Waals surface area contributed by atoms with Crippen molar-refractivity contribution < 1.29 is 13.2 Å². The summed E-state index contributed by atoms with van der Waals surface area (Å²) in [7, 11) is -3.48. The second-order valence-corrected chi connectivity index (χ2v) is 9.20. The van der Waals surface area contributed by atoms with E-state index in [0.29, 0.717) is 19.5 Å². The van der Waals surface area contributed by atoms with Crippen molar-refractivity contribution in [2.24, 2.45) is 0 Å². The number of nitrogens with one attached hydrogen (secondary N) is 1. The molecule has 0 saturated carbocycles. The minimum atomic E-state index is -3.48. The quantitative estimate of drug-likeness (QED) is 0.587. The van der Waals surface area contributed by atoms with Crippen LogP contribution in [0, 0.1) is 0 Å². The van der Waals surface area contributed by atoms with E-state index >= 15 is 0 Å². The summed E-state index contributed by atoms with van der Waals surface area (Å²) in [6.07, 6.45) is 0.292. The van der Waals surface area contributed by atoms with Gasteiger partial charge in [-0.25, -0.2) is 8.42 Å². The zero-order chi connectivity index (χ0) is 21.7. The van der Waals surface area contributed by atoms with Crippen LogP contribution >= 0.6 is 0 Å². The Labute approximate surface area is 178 Å². The summed E-state index contributed by atoms with van der Waals surface area (Å²) in [4.78, 5) is 12.9. The average Bonchev–Trinajstić information content (AvgIpc) is 2.74. The van der Waals surface area contributed by atoms with E-state index in [4.69, 9.17) is 0 Å². The summed E-state index contributed by atoms with van der Waals surface area (Å²) in [5, 5.41) is 5.20. The number of hydrogen-bond acceptors (Lipinski definition) is 3. The molecule has 0 spiro atoms. The van der Waals surface area contributed by atoms with Crippen molar-refractivity contribution in [1.29, 1.82) is 0 Å². The van der Waals surface area contributed by atoms with Crippen LogP contribution in [0.2, 0.25) is 0 Å². The third kappa shape index (κ3) is 4.71. The van der Waals surface area contributed by atoms with Crippen molar-refractivity contribution >= 4 is 26.7 Å². The molecule has 0 fully saturated rings. The molecule has 3 rings (SSSR count). The maximum absolute atomic E-state index is 12.6. The molecule has 3 aromatic carbocycles. The SMILES string of the molecule is CCN(CC)S(=O)(=O)c1ccc([C@@H](C)NC(=O)Cc2cccc3ccccc23)cc1. The fraction of sp³-hybridized carbons (Fsp3) is 0.292. The van der Waals surface area contributed by atoms with Gasteiger partial charge in [-0.3, -0.25) is 4.79 Å². The van der Waals surface area contributed by atoms with Crippen molar-refractivity contribution in [3.05, 3.63) is 77.9 Å². The second kappa shape index (κ2) is 9.41. The summed E-state index contributed by atoms with van der Waals surface area (Å²) in [6.45, 7) is 6.41. The van der Waals surface area contributed by atoms with Gasteiger partial charge in [0.05, 0.1) is 17.4 Å².